The van der Waals surface area contributed by atoms with E-state index in [2.05, 4.69) is 0 Å². The van der Waals surface area contributed by atoms with Gasteiger partial charge in [-0.15, -0.1) is 0 Å². The van der Waals surface area contributed by atoms with Crippen molar-refractivity contribution >= 4 is 34.8 Å². The minimum Gasteiger partial charge on any atom is -0.477 e. The van der Waals surface area contributed by atoms with Crippen molar-refractivity contribution in [2.24, 2.45) is 0 Å². The second-order valence-electron chi connectivity index (χ2n) is 4.70. The van der Waals surface area contributed by atoms with Crippen molar-refractivity contribution in [3.05, 3.63) is 61.7 Å². The van der Waals surface area contributed by atoms with Crippen LogP contribution in [0.3, 0.4) is 0 Å². The Labute approximate surface area is 139 Å². The number of carboxylic acid groups (broad SMARTS) is 1. The van der Waals surface area contributed by atoms with E-state index in [1.807, 2.05) is 0 Å². The average Bonchev–Trinajstić information content (AvgIpc) is 2.51. The van der Waals surface area contributed by atoms with E-state index in [1.165, 1.54) is 25.1 Å². The van der Waals surface area contributed by atoms with E-state index in [1.54, 1.807) is 6.07 Å². The van der Waals surface area contributed by atoms with Crippen LogP contribution in [0, 0.1) is 27.2 Å². The molecule has 0 aliphatic heterocycles. The van der Waals surface area contributed by atoms with Gasteiger partial charge in [0.05, 0.1) is 14.7 Å². The number of carboxylic acids is 1. The summed E-state index contributed by atoms with van der Waals surface area (Å²) in [4.78, 5) is 32.6. The Hall–Kier alpha value is -3.14. The van der Waals surface area contributed by atoms with Crippen molar-refractivity contribution in [3.63, 3.8) is 0 Å². The number of carbonyl (C=O) groups is 1. The summed E-state index contributed by atoms with van der Waals surface area (Å²) in [5, 5.41) is 31.3. The van der Waals surface area contributed by atoms with Crippen LogP contribution < -0.4 is 5.73 Å². The minimum absolute atomic E-state index is 0.157. The highest BCUT2D eigenvalue weighted by Crippen LogP contribution is 2.41. The van der Waals surface area contributed by atoms with Gasteiger partial charge in [0.15, 0.2) is 0 Å². The number of hydrogen-bond acceptors (Lipinski definition) is 7. The zero-order chi connectivity index (χ0) is 18.0. The van der Waals surface area contributed by atoms with Crippen LogP contribution in [0.15, 0.2) is 40.1 Å². The molecule has 0 saturated carbocycles. The summed E-state index contributed by atoms with van der Waals surface area (Å²) in [6, 6.07) is 7.01. The number of hydrogen-bond donors (Lipinski definition) is 2. The molecular formula is C14H11N3O6S. The van der Waals surface area contributed by atoms with E-state index < -0.39 is 27.1 Å². The number of nitrogens with two attached hydrogens (primary N) is 1. The Balaban J connectivity index is 2.63. The fourth-order valence-corrected chi connectivity index (χ4v) is 3.11. The van der Waals surface area contributed by atoms with Gasteiger partial charge in [0, 0.05) is 11.0 Å². The molecule has 0 bridgehead atoms. The number of para-hydroxylation sites is 1. The quantitative estimate of drug-likeness (QED) is 0.474. The maximum Gasteiger partial charge on any atom is 0.342 e. The number of rotatable bonds is 5. The first kappa shape index (κ1) is 17.2. The number of nitro benzene ring substituents is 2. The average molecular weight is 349 g/mol. The summed E-state index contributed by atoms with van der Waals surface area (Å²) in [6.07, 6.45) is 0. The van der Waals surface area contributed by atoms with Crippen LogP contribution in [0.25, 0.3) is 0 Å². The molecule has 0 aliphatic rings. The first-order valence-corrected chi connectivity index (χ1v) is 7.27. The monoisotopic (exact) mass is 349 g/mol. The summed E-state index contributed by atoms with van der Waals surface area (Å²) in [5.41, 5.74) is 4.32. The number of nitrogens with zero attached hydrogens (tertiary/aromatic N) is 2. The molecule has 2 rings (SSSR count). The van der Waals surface area contributed by atoms with E-state index in [4.69, 9.17) is 5.73 Å². The standard InChI is InChI=1S/C14H11N3O6S/c1-7-11(24-10-5-3-2-4-9(10)16(20)21)6-8(14(18)19)13(12(7)15)17(22)23/h2-6H,15H2,1H3,(H,18,19). The van der Waals surface area contributed by atoms with E-state index in [9.17, 15) is 30.1 Å². The molecule has 124 valence electrons. The number of benzene rings is 2. The van der Waals surface area contributed by atoms with Crippen molar-refractivity contribution in [3.8, 4) is 0 Å². The van der Waals surface area contributed by atoms with Crippen LogP contribution in [0.2, 0.25) is 0 Å². The van der Waals surface area contributed by atoms with Crippen molar-refractivity contribution in [1.29, 1.82) is 0 Å². The molecule has 9 nitrogen and oxygen atoms in total. The summed E-state index contributed by atoms with van der Waals surface area (Å²) in [7, 11) is 0. The van der Waals surface area contributed by atoms with Gasteiger partial charge in [0.2, 0.25) is 0 Å². The molecule has 0 fully saturated rings. The third-order valence-corrected chi connectivity index (χ3v) is 4.46. The lowest BCUT2D eigenvalue weighted by molar-refractivity contribution is -0.387. The van der Waals surface area contributed by atoms with Gasteiger partial charge in [-0.3, -0.25) is 20.2 Å². The lowest BCUT2D eigenvalue weighted by Gasteiger charge is -2.11. The van der Waals surface area contributed by atoms with E-state index >= 15 is 0 Å². The second-order valence-corrected chi connectivity index (χ2v) is 5.78. The maximum absolute atomic E-state index is 11.3. The normalized spacial score (nSPS) is 10.4. The lowest BCUT2D eigenvalue weighted by atomic mass is 10.1. The SMILES string of the molecule is Cc1c(Sc2ccccc2[N+](=O)[O-])cc(C(=O)O)c([N+](=O)[O-])c1N. The Morgan fingerprint density at radius 1 is 1.17 bits per heavy atom. The Kier molecular flexibility index (Phi) is 4.69. The topological polar surface area (TPSA) is 150 Å². The maximum atomic E-state index is 11.3. The zero-order valence-electron chi connectivity index (χ0n) is 12.3. The predicted octanol–water partition coefficient (Wildman–Crippen LogP) is 3.24. The predicted molar refractivity (Wildman–Crippen MR) is 86.4 cm³/mol. The lowest BCUT2D eigenvalue weighted by Crippen LogP contribution is -2.08. The van der Waals surface area contributed by atoms with Crippen LogP contribution in [0.5, 0.6) is 0 Å². The van der Waals surface area contributed by atoms with Gasteiger partial charge < -0.3 is 10.8 Å². The first-order chi connectivity index (χ1) is 11.2. The highest BCUT2D eigenvalue weighted by molar-refractivity contribution is 7.99. The van der Waals surface area contributed by atoms with Crippen LogP contribution in [0.4, 0.5) is 17.1 Å². The molecule has 10 heteroatoms. The van der Waals surface area contributed by atoms with Gasteiger partial charge in [0.25, 0.3) is 5.69 Å². The van der Waals surface area contributed by atoms with Gasteiger partial charge in [-0.1, -0.05) is 23.9 Å². The molecule has 3 N–H and O–H groups in total. The number of nitro groups is 2. The fourth-order valence-electron chi connectivity index (χ4n) is 2.04. The Morgan fingerprint density at radius 2 is 1.79 bits per heavy atom. The molecule has 2 aromatic carbocycles. The molecule has 0 aromatic heterocycles. The van der Waals surface area contributed by atoms with Gasteiger partial charge in [-0.2, -0.15) is 0 Å². The third kappa shape index (κ3) is 3.13. The van der Waals surface area contributed by atoms with Gasteiger partial charge in [-0.05, 0) is 24.6 Å². The largest absolute Gasteiger partial charge is 0.477 e. The highest BCUT2D eigenvalue weighted by Gasteiger charge is 2.28. The number of aromatic carboxylic acids is 1. The summed E-state index contributed by atoms with van der Waals surface area (Å²) in [6.45, 7) is 1.49. The van der Waals surface area contributed by atoms with Crippen LogP contribution in [0.1, 0.15) is 15.9 Å². The van der Waals surface area contributed by atoms with Crippen molar-refractivity contribution < 1.29 is 19.7 Å². The second kappa shape index (κ2) is 6.54. The first-order valence-electron chi connectivity index (χ1n) is 6.46. The molecule has 0 amide bonds. The highest BCUT2D eigenvalue weighted by atomic mass is 32.2. The number of nitrogen functional groups attached to an aromatic ring is 1. The molecule has 0 atom stereocenters. The summed E-state index contributed by atoms with van der Waals surface area (Å²) < 4.78 is 0. The van der Waals surface area contributed by atoms with E-state index in [-0.39, 0.29) is 21.8 Å². The molecule has 2 aromatic rings. The molecule has 24 heavy (non-hydrogen) atoms. The van der Waals surface area contributed by atoms with Crippen molar-refractivity contribution in [2.75, 3.05) is 5.73 Å². The Morgan fingerprint density at radius 3 is 2.33 bits per heavy atom. The van der Waals surface area contributed by atoms with Crippen LogP contribution in [-0.4, -0.2) is 20.9 Å². The smallest absolute Gasteiger partial charge is 0.342 e. The summed E-state index contributed by atoms with van der Waals surface area (Å²) in [5.74, 6) is -1.50. The van der Waals surface area contributed by atoms with E-state index in [0.717, 1.165) is 17.8 Å². The molecular weight excluding hydrogens is 338 g/mol. The molecule has 0 spiro atoms. The van der Waals surface area contributed by atoms with Gasteiger partial charge in [-0.25, -0.2) is 4.79 Å². The molecule has 0 radical (unpaired) electrons. The minimum atomic E-state index is -1.50. The van der Waals surface area contributed by atoms with Crippen molar-refractivity contribution in [1.82, 2.24) is 0 Å². The molecule has 0 aliphatic carbocycles. The number of anilines is 1. The van der Waals surface area contributed by atoms with Gasteiger partial charge in [0.1, 0.15) is 11.3 Å². The molecule has 0 unspecified atom stereocenters. The fraction of sp³-hybridized carbons (Fsp3) is 0.0714. The Bertz CT molecular complexity index is 868. The van der Waals surface area contributed by atoms with E-state index in [0.29, 0.717) is 4.90 Å². The summed E-state index contributed by atoms with van der Waals surface area (Å²) >= 11 is 0.928. The zero-order valence-corrected chi connectivity index (χ0v) is 13.1. The van der Waals surface area contributed by atoms with Crippen molar-refractivity contribution in [2.45, 2.75) is 16.7 Å². The molecule has 0 saturated heterocycles. The van der Waals surface area contributed by atoms with Gasteiger partial charge >= 0.3 is 11.7 Å². The third-order valence-electron chi connectivity index (χ3n) is 3.25. The van der Waals surface area contributed by atoms with Crippen LogP contribution in [-0.2, 0) is 0 Å². The molecule has 0 heterocycles. The van der Waals surface area contributed by atoms with Crippen LogP contribution >= 0.6 is 11.8 Å².